The fourth-order valence-corrected chi connectivity index (χ4v) is 2.89. The van der Waals surface area contributed by atoms with Crippen molar-refractivity contribution < 1.29 is 19.1 Å². The maximum Gasteiger partial charge on any atom is 0.305 e. The average molecular weight is 326 g/mol. The van der Waals surface area contributed by atoms with Gasteiger partial charge in [-0.15, -0.1) is 0 Å². The lowest BCUT2D eigenvalue weighted by atomic mass is 9.91. The second kappa shape index (κ2) is 11.0. The van der Waals surface area contributed by atoms with Gasteiger partial charge in [0.2, 0.25) is 0 Å². The highest BCUT2D eigenvalue weighted by Gasteiger charge is 2.27. The van der Waals surface area contributed by atoms with Crippen LogP contribution in [0.4, 0.5) is 0 Å². The molecule has 1 aliphatic heterocycles. The second-order valence-corrected chi connectivity index (χ2v) is 5.82. The van der Waals surface area contributed by atoms with Crippen molar-refractivity contribution in [2.24, 2.45) is 11.0 Å². The molecule has 0 aromatic heterocycles. The van der Waals surface area contributed by atoms with E-state index < -0.39 is 0 Å². The zero-order valence-electron chi connectivity index (χ0n) is 14.6. The van der Waals surface area contributed by atoms with E-state index in [0.717, 1.165) is 32.1 Å². The molecule has 6 nitrogen and oxygen atoms in total. The van der Waals surface area contributed by atoms with Crippen LogP contribution >= 0.6 is 0 Å². The molecule has 0 unspecified atom stereocenters. The Labute approximate surface area is 139 Å². The second-order valence-electron chi connectivity index (χ2n) is 5.82. The topological polar surface area (TPSA) is 68.2 Å². The van der Waals surface area contributed by atoms with Crippen LogP contribution in [-0.4, -0.2) is 49.5 Å². The van der Waals surface area contributed by atoms with E-state index in [1.54, 1.807) is 0 Å². The van der Waals surface area contributed by atoms with Crippen molar-refractivity contribution in [2.45, 2.75) is 64.8 Å². The third-order valence-electron chi connectivity index (χ3n) is 4.07. The molecule has 0 amide bonds. The van der Waals surface area contributed by atoms with Crippen molar-refractivity contribution in [3.05, 3.63) is 0 Å². The number of carbonyl (C=O) groups excluding carboxylic acids is 2. The molecule has 2 atom stereocenters. The van der Waals surface area contributed by atoms with Crippen LogP contribution in [0, 0.1) is 5.92 Å². The summed E-state index contributed by atoms with van der Waals surface area (Å²) < 4.78 is 9.88. The summed E-state index contributed by atoms with van der Waals surface area (Å²) in [6, 6.07) is 0.361. The van der Waals surface area contributed by atoms with Crippen LogP contribution in [0.5, 0.6) is 0 Å². The van der Waals surface area contributed by atoms with Gasteiger partial charge >= 0.3 is 11.9 Å². The highest BCUT2D eigenvalue weighted by Crippen LogP contribution is 2.25. The SMILES string of the molecule is CCOC(=O)CCCC[C@@H]1[C@H](CCCC(=O)OCC)C=NN1C. The van der Waals surface area contributed by atoms with Gasteiger partial charge in [-0.3, -0.25) is 14.6 Å². The minimum atomic E-state index is -0.123. The van der Waals surface area contributed by atoms with Crippen LogP contribution < -0.4 is 0 Å². The summed E-state index contributed by atoms with van der Waals surface area (Å²) in [7, 11) is 1.98. The predicted octanol–water partition coefficient (Wildman–Crippen LogP) is 2.76. The fourth-order valence-electron chi connectivity index (χ4n) is 2.89. The molecule has 0 radical (unpaired) electrons. The summed E-state index contributed by atoms with van der Waals surface area (Å²) in [6.45, 7) is 4.53. The van der Waals surface area contributed by atoms with E-state index in [1.165, 1.54) is 0 Å². The van der Waals surface area contributed by atoms with Crippen LogP contribution in [-0.2, 0) is 19.1 Å². The Morgan fingerprint density at radius 3 is 2.22 bits per heavy atom. The standard InChI is InChI=1S/C17H30N2O4/c1-4-22-16(20)11-7-6-10-15-14(13-18-19(15)3)9-8-12-17(21)23-5-2/h13-15H,4-12H2,1-3H3/t14-,15-/m1/s1. The van der Waals surface area contributed by atoms with Crippen molar-refractivity contribution in [1.82, 2.24) is 5.01 Å². The lowest BCUT2D eigenvalue weighted by molar-refractivity contribution is -0.144. The van der Waals surface area contributed by atoms with E-state index >= 15 is 0 Å². The lowest BCUT2D eigenvalue weighted by Gasteiger charge is -2.24. The Balaban J connectivity index is 2.24. The number of hydrazone groups is 1. The molecule has 23 heavy (non-hydrogen) atoms. The molecule has 0 aromatic carbocycles. The van der Waals surface area contributed by atoms with E-state index in [-0.39, 0.29) is 11.9 Å². The molecule has 0 saturated heterocycles. The van der Waals surface area contributed by atoms with Gasteiger partial charge in [-0.2, -0.15) is 5.10 Å². The molecule has 132 valence electrons. The van der Waals surface area contributed by atoms with Gasteiger partial charge in [0, 0.05) is 32.0 Å². The largest absolute Gasteiger partial charge is 0.466 e. The number of ether oxygens (including phenoxy) is 2. The molecule has 0 aromatic rings. The van der Waals surface area contributed by atoms with Crippen molar-refractivity contribution >= 4 is 18.2 Å². The molecule has 0 bridgehead atoms. The molecule has 0 fully saturated rings. The quantitative estimate of drug-likeness (QED) is 0.431. The first-order valence-corrected chi connectivity index (χ1v) is 8.66. The molecule has 0 saturated carbocycles. The van der Waals surface area contributed by atoms with Crippen molar-refractivity contribution in [3.8, 4) is 0 Å². The Kier molecular flexibility index (Phi) is 9.33. The first kappa shape index (κ1) is 19.5. The third kappa shape index (κ3) is 7.48. The highest BCUT2D eigenvalue weighted by molar-refractivity contribution is 5.69. The normalized spacial score (nSPS) is 19.9. The molecular weight excluding hydrogens is 296 g/mol. The Bertz CT molecular complexity index is 398. The molecular formula is C17H30N2O4. The van der Waals surface area contributed by atoms with Gasteiger partial charge in [0.25, 0.3) is 0 Å². The first-order chi connectivity index (χ1) is 11.1. The number of hydrogen-bond donors (Lipinski definition) is 0. The van der Waals surface area contributed by atoms with Crippen LogP contribution in [0.1, 0.15) is 58.8 Å². The Morgan fingerprint density at radius 2 is 1.61 bits per heavy atom. The van der Waals surface area contributed by atoms with Gasteiger partial charge in [-0.05, 0) is 39.5 Å². The summed E-state index contributed by atoms with van der Waals surface area (Å²) in [5.41, 5.74) is 0. The van der Waals surface area contributed by atoms with E-state index in [1.807, 2.05) is 32.1 Å². The molecule has 0 spiro atoms. The van der Waals surface area contributed by atoms with Gasteiger partial charge in [-0.25, -0.2) is 0 Å². The number of rotatable bonds is 11. The third-order valence-corrected chi connectivity index (χ3v) is 4.07. The van der Waals surface area contributed by atoms with Crippen LogP contribution in [0.2, 0.25) is 0 Å². The van der Waals surface area contributed by atoms with E-state index in [2.05, 4.69) is 5.10 Å². The maximum absolute atomic E-state index is 11.4. The van der Waals surface area contributed by atoms with Crippen molar-refractivity contribution in [3.63, 3.8) is 0 Å². The van der Waals surface area contributed by atoms with Gasteiger partial charge in [0.1, 0.15) is 0 Å². The lowest BCUT2D eigenvalue weighted by Crippen LogP contribution is -2.29. The molecule has 0 N–H and O–H groups in total. The van der Waals surface area contributed by atoms with Gasteiger partial charge < -0.3 is 9.47 Å². The van der Waals surface area contributed by atoms with Gasteiger partial charge in [0.05, 0.1) is 19.3 Å². The first-order valence-electron chi connectivity index (χ1n) is 8.66. The van der Waals surface area contributed by atoms with Crippen LogP contribution in [0.3, 0.4) is 0 Å². The fraction of sp³-hybridized carbons (Fsp3) is 0.824. The predicted molar refractivity (Wildman–Crippen MR) is 89.1 cm³/mol. The molecule has 1 aliphatic rings. The van der Waals surface area contributed by atoms with Gasteiger partial charge in [0.15, 0.2) is 0 Å². The van der Waals surface area contributed by atoms with Crippen molar-refractivity contribution in [2.75, 3.05) is 20.3 Å². The monoisotopic (exact) mass is 326 g/mol. The highest BCUT2D eigenvalue weighted by atomic mass is 16.5. The summed E-state index contributed by atoms with van der Waals surface area (Å²) in [4.78, 5) is 22.7. The number of hydrogen-bond acceptors (Lipinski definition) is 6. The zero-order valence-corrected chi connectivity index (χ0v) is 14.6. The summed E-state index contributed by atoms with van der Waals surface area (Å²) in [5.74, 6) is 0.133. The van der Waals surface area contributed by atoms with E-state index in [9.17, 15) is 9.59 Å². The smallest absolute Gasteiger partial charge is 0.305 e. The van der Waals surface area contributed by atoms with Gasteiger partial charge in [-0.1, -0.05) is 6.42 Å². The number of unbranched alkanes of at least 4 members (excludes halogenated alkanes) is 1. The summed E-state index contributed by atoms with van der Waals surface area (Å²) >= 11 is 0. The summed E-state index contributed by atoms with van der Waals surface area (Å²) in [5, 5.41) is 6.38. The zero-order chi connectivity index (χ0) is 17.1. The number of nitrogens with zero attached hydrogens (tertiary/aromatic N) is 2. The minimum absolute atomic E-state index is 0.116. The summed E-state index contributed by atoms with van der Waals surface area (Å²) in [6.07, 6.45) is 7.53. The number of carbonyl (C=O) groups is 2. The van der Waals surface area contributed by atoms with Crippen LogP contribution in [0.25, 0.3) is 0 Å². The molecule has 6 heteroatoms. The van der Waals surface area contributed by atoms with E-state index in [4.69, 9.17) is 9.47 Å². The maximum atomic E-state index is 11.4. The minimum Gasteiger partial charge on any atom is -0.466 e. The Morgan fingerprint density at radius 1 is 1.00 bits per heavy atom. The van der Waals surface area contributed by atoms with Crippen LogP contribution in [0.15, 0.2) is 5.10 Å². The Hall–Kier alpha value is -1.59. The van der Waals surface area contributed by atoms with Crippen molar-refractivity contribution in [1.29, 1.82) is 0 Å². The number of esters is 2. The average Bonchev–Trinajstić information content (AvgIpc) is 2.85. The molecule has 1 heterocycles. The molecule has 1 rings (SSSR count). The molecule has 0 aliphatic carbocycles. The van der Waals surface area contributed by atoms with E-state index in [0.29, 0.717) is 38.0 Å².